The lowest BCUT2D eigenvalue weighted by Gasteiger charge is -2.46. The highest BCUT2D eigenvalue weighted by Crippen LogP contribution is 2.45. The van der Waals surface area contributed by atoms with Crippen LogP contribution in [0.1, 0.15) is 18.6 Å². The summed E-state index contributed by atoms with van der Waals surface area (Å²) in [5.74, 6) is -1.58. The average molecular weight is 609 g/mol. The molecule has 1 aromatic heterocycles. The lowest BCUT2D eigenvalue weighted by atomic mass is 9.89. The number of methoxy groups -OCH3 is 1. The Kier molecular flexibility index (Phi) is 8.54. The van der Waals surface area contributed by atoms with E-state index in [-0.39, 0.29) is 28.4 Å². The molecule has 2 aliphatic rings. The normalized spacial score (nSPS) is 33.0. The van der Waals surface area contributed by atoms with Gasteiger partial charge in [0.1, 0.15) is 71.5 Å². The maximum absolute atomic E-state index is 13.3. The molecule has 0 saturated carbocycles. The molecule has 2 aromatic carbocycles. The predicted molar refractivity (Wildman–Crippen MR) is 143 cm³/mol. The summed E-state index contributed by atoms with van der Waals surface area (Å²) in [4.78, 5) is 13.3. The summed E-state index contributed by atoms with van der Waals surface area (Å²) in [6.07, 6.45) is -16.2. The molecule has 234 valence electrons. The fraction of sp³-hybridized carbons (Fsp3) is 0.464. The second-order valence-corrected chi connectivity index (χ2v) is 10.4. The number of rotatable bonds is 6. The van der Waals surface area contributed by atoms with Crippen molar-refractivity contribution in [3.63, 3.8) is 0 Å². The molecule has 2 saturated heterocycles. The second kappa shape index (κ2) is 11.9. The minimum absolute atomic E-state index is 0.0544. The smallest absolute Gasteiger partial charge is 0.197 e. The highest BCUT2D eigenvalue weighted by molar-refractivity contribution is 5.89. The molecule has 10 atom stereocenters. The Bertz CT molecular complexity index is 1540. The van der Waals surface area contributed by atoms with Crippen LogP contribution < -0.4 is 10.2 Å². The van der Waals surface area contributed by atoms with Gasteiger partial charge in [0.05, 0.1) is 25.4 Å². The Balaban J connectivity index is 1.68. The first-order valence-corrected chi connectivity index (χ1v) is 13.3. The fourth-order valence-electron chi connectivity index (χ4n) is 5.33. The van der Waals surface area contributed by atoms with Crippen LogP contribution in [0.3, 0.4) is 0 Å². The number of fused-ring (bicyclic) bond motifs is 1. The van der Waals surface area contributed by atoms with Gasteiger partial charge in [0.2, 0.25) is 0 Å². The second-order valence-electron chi connectivity index (χ2n) is 10.4. The van der Waals surface area contributed by atoms with Crippen molar-refractivity contribution < 1.29 is 69.3 Å². The summed E-state index contributed by atoms with van der Waals surface area (Å²) in [5, 5.41) is 93.6. The van der Waals surface area contributed by atoms with Gasteiger partial charge < -0.3 is 69.3 Å². The molecule has 9 N–H and O–H groups in total. The van der Waals surface area contributed by atoms with Gasteiger partial charge >= 0.3 is 0 Å². The van der Waals surface area contributed by atoms with E-state index in [1.807, 2.05) is 0 Å². The van der Waals surface area contributed by atoms with Crippen LogP contribution in [0.4, 0.5) is 0 Å². The molecule has 0 amide bonds. The number of benzene rings is 2. The van der Waals surface area contributed by atoms with Crippen molar-refractivity contribution in [2.75, 3.05) is 13.7 Å². The topological polar surface area (TPSA) is 249 Å². The van der Waals surface area contributed by atoms with Gasteiger partial charge in [-0.15, -0.1) is 0 Å². The molecule has 0 unspecified atom stereocenters. The van der Waals surface area contributed by atoms with Crippen molar-refractivity contribution in [3.05, 3.63) is 46.1 Å². The minimum atomic E-state index is -1.87. The van der Waals surface area contributed by atoms with Crippen LogP contribution in [0.15, 0.2) is 39.5 Å². The third kappa shape index (κ3) is 5.39. The van der Waals surface area contributed by atoms with Crippen molar-refractivity contribution >= 4 is 11.0 Å². The number of hydrogen-bond donors (Lipinski definition) is 9. The molecular formula is C28H32O15. The zero-order valence-corrected chi connectivity index (χ0v) is 22.8. The summed E-state index contributed by atoms with van der Waals surface area (Å²) >= 11 is 0. The van der Waals surface area contributed by atoms with Crippen LogP contribution in [0, 0.1) is 0 Å². The molecule has 0 aliphatic carbocycles. The van der Waals surface area contributed by atoms with Gasteiger partial charge in [-0.3, -0.25) is 4.79 Å². The number of hydrogen-bond acceptors (Lipinski definition) is 15. The van der Waals surface area contributed by atoms with Crippen LogP contribution in [0.2, 0.25) is 0 Å². The summed E-state index contributed by atoms with van der Waals surface area (Å²) in [6, 6.07) is 5.96. The van der Waals surface area contributed by atoms with Crippen LogP contribution in [-0.4, -0.2) is 115 Å². The maximum Gasteiger partial charge on any atom is 0.197 e. The van der Waals surface area contributed by atoms with E-state index in [0.29, 0.717) is 0 Å². The molecule has 3 heterocycles. The standard InChI is InChI=1S/C28H32O15/c1-9-20(34)22(36)24(38)28(40-9)43-27-23(37)21(35)17(8-29)42-26(27)19-13(32)6-12(31)18-14(33)7-15(41-25(18)19)10-3-4-11(30)16(5-10)39-2/h3-7,9,17,20-24,26-32,34-38H,8H2,1-2H3/t9-,17+,20-,21+,22+,23-,24+,26-,27+,28-/m0/s1. The number of phenols is 3. The molecule has 15 heteroatoms. The van der Waals surface area contributed by atoms with Crippen molar-refractivity contribution in [2.24, 2.45) is 0 Å². The van der Waals surface area contributed by atoms with Crippen LogP contribution in [0.5, 0.6) is 23.0 Å². The largest absolute Gasteiger partial charge is 0.507 e. The Morgan fingerprint density at radius 3 is 2.23 bits per heavy atom. The molecular weight excluding hydrogens is 576 g/mol. The number of aliphatic hydroxyl groups is 6. The van der Waals surface area contributed by atoms with E-state index in [0.717, 1.165) is 12.1 Å². The Labute approximate surface area is 242 Å². The summed E-state index contributed by atoms with van der Waals surface area (Å²) < 4.78 is 28.2. The predicted octanol–water partition coefficient (Wildman–Crippen LogP) is -1.05. The van der Waals surface area contributed by atoms with Gasteiger partial charge in [0.25, 0.3) is 0 Å². The van der Waals surface area contributed by atoms with Crippen LogP contribution in [-0.2, 0) is 14.2 Å². The van der Waals surface area contributed by atoms with Gasteiger partial charge in [-0.2, -0.15) is 0 Å². The zero-order chi connectivity index (χ0) is 31.3. The minimum Gasteiger partial charge on any atom is -0.507 e. The lowest BCUT2D eigenvalue weighted by Crippen LogP contribution is -2.61. The highest BCUT2D eigenvalue weighted by Gasteiger charge is 2.51. The molecule has 0 spiro atoms. The quantitative estimate of drug-likeness (QED) is 0.162. The van der Waals surface area contributed by atoms with Crippen molar-refractivity contribution in [1.82, 2.24) is 0 Å². The van der Waals surface area contributed by atoms with Crippen LogP contribution >= 0.6 is 0 Å². The Morgan fingerprint density at radius 1 is 0.837 bits per heavy atom. The number of aromatic hydroxyl groups is 3. The zero-order valence-electron chi connectivity index (χ0n) is 22.8. The average Bonchev–Trinajstić information content (AvgIpc) is 2.97. The van der Waals surface area contributed by atoms with E-state index < -0.39 is 95.7 Å². The SMILES string of the molecule is COc1cc(-c2cc(=O)c3c(O)cc(O)c([C@@H]4O[C@H](CO)[C@@H](O)[C@H](O)[C@H]4O[C@@H]4O[C@@H](C)[C@H](O)[C@@H](O)[C@H]4O)c3o2)ccc1O. The molecule has 0 radical (unpaired) electrons. The molecule has 5 rings (SSSR count). The molecule has 15 nitrogen and oxygen atoms in total. The molecule has 2 aliphatic heterocycles. The van der Waals surface area contributed by atoms with Crippen molar-refractivity contribution in [1.29, 1.82) is 0 Å². The fourth-order valence-corrected chi connectivity index (χ4v) is 5.33. The molecule has 0 bridgehead atoms. The summed E-state index contributed by atoms with van der Waals surface area (Å²) in [5.41, 5.74) is -1.26. The monoisotopic (exact) mass is 608 g/mol. The van der Waals surface area contributed by atoms with E-state index in [4.69, 9.17) is 23.4 Å². The maximum atomic E-state index is 13.3. The summed E-state index contributed by atoms with van der Waals surface area (Å²) in [6.45, 7) is 0.594. The van der Waals surface area contributed by atoms with Gasteiger partial charge in [-0.25, -0.2) is 0 Å². The number of phenolic OH excluding ortho intramolecular Hbond substituents is 3. The third-order valence-corrected chi connectivity index (χ3v) is 7.71. The van der Waals surface area contributed by atoms with Gasteiger partial charge in [-0.1, -0.05) is 0 Å². The lowest BCUT2D eigenvalue weighted by molar-refractivity contribution is -0.338. The van der Waals surface area contributed by atoms with Gasteiger partial charge in [-0.05, 0) is 25.1 Å². The summed E-state index contributed by atoms with van der Waals surface area (Å²) in [7, 11) is 1.31. The number of ether oxygens (including phenoxy) is 4. The van der Waals surface area contributed by atoms with Crippen LogP contribution in [0.25, 0.3) is 22.3 Å². The van der Waals surface area contributed by atoms with Gasteiger partial charge in [0, 0.05) is 17.7 Å². The van der Waals surface area contributed by atoms with E-state index >= 15 is 0 Å². The first-order chi connectivity index (χ1) is 20.4. The molecule has 3 aromatic rings. The molecule has 43 heavy (non-hydrogen) atoms. The number of aliphatic hydroxyl groups excluding tert-OH is 6. The first-order valence-electron chi connectivity index (χ1n) is 13.3. The first kappa shape index (κ1) is 30.9. The van der Waals surface area contributed by atoms with E-state index in [2.05, 4.69) is 0 Å². The van der Waals surface area contributed by atoms with Crippen molar-refractivity contribution in [3.8, 4) is 34.3 Å². The third-order valence-electron chi connectivity index (χ3n) is 7.71. The highest BCUT2D eigenvalue weighted by atomic mass is 16.7. The van der Waals surface area contributed by atoms with Crippen molar-refractivity contribution in [2.45, 2.75) is 68.1 Å². The Morgan fingerprint density at radius 2 is 1.56 bits per heavy atom. The van der Waals surface area contributed by atoms with Gasteiger partial charge in [0.15, 0.2) is 28.8 Å². The molecule has 2 fully saturated rings. The van der Waals surface area contributed by atoms with E-state index in [9.17, 15) is 50.8 Å². The Hall–Kier alpha value is -3.51. The van der Waals surface area contributed by atoms with E-state index in [1.54, 1.807) is 0 Å². The van der Waals surface area contributed by atoms with E-state index in [1.165, 1.54) is 32.2 Å².